The Hall–Kier alpha value is -1.35. The van der Waals surface area contributed by atoms with Crippen LogP contribution in [0.4, 0.5) is 5.69 Å². The van der Waals surface area contributed by atoms with Crippen molar-refractivity contribution in [1.82, 2.24) is 4.98 Å². The zero-order valence-corrected chi connectivity index (χ0v) is 7.93. The van der Waals surface area contributed by atoms with Crippen LogP contribution in [-0.4, -0.2) is 10.9 Å². The minimum Gasteiger partial charge on any atom is -0.321 e. The second kappa shape index (κ2) is 4.05. The van der Waals surface area contributed by atoms with Gasteiger partial charge in [0.25, 0.3) is 0 Å². The van der Waals surface area contributed by atoms with Crippen LogP contribution in [0, 0.1) is 6.92 Å². The van der Waals surface area contributed by atoms with Crippen LogP contribution in [0.25, 0.3) is 0 Å². The number of rotatable bonds is 2. The molecule has 0 unspecified atom stereocenters. The Balaban J connectivity index is 2.95. The normalized spacial score (nSPS) is 9.38. The third-order valence-corrected chi connectivity index (χ3v) is 1.98. The van der Waals surface area contributed by atoms with Gasteiger partial charge in [0.15, 0.2) is 0 Å². The van der Waals surface area contributed by atoms with E-state index in [-0.39, 0.29) is 5.91 Å². The standard InChI is InChI=1S/C9H9ClN2O/c1-3-9(13)12-8-5-11-4-7(10)6(8)2/h3-5H,1H2,2H3,(H,12,13). The highest BCUT2D eigenvalue weighted by atomic mass is 35.5. The largest absolute Gasteiger partial charge is 0.321 e. The van der Waals surface area contributed by atoms with E-state index in [1.54, 1.807) is 6.20 Å². The van der Waals surface area contributed by atoms with Gasteiger partial charge in [-0.2, -0.15) is 0 Å². The smallest absolute Gasteiger partial charge is 0.247 e. The van der Waals surface area contributed by atoms with Gasteiger partial charge in [0.1, 0.15) is 0 Å². The average molecular weight is 197 g/mol. The van der Waals surface area contributed by atoms with Crippen molar-refractivity contribution in [2.45, 2.75) is 6.92 Å². The average Bonchev–Trinajstić information content (AvgIpc) is 2.13. The molecule has 3 nitrogen and oxygen atoms in total. The summed E-state index contributed by atoms with van der Waals surface area (Å²) in [5, 5.41) is 3.13. The number of anilines is 1. The summed E-state index contributed by atoms with van der Waals surface area (Å²) in [5.74, 6) is -0.271. The molecule has 0 aliphatic rings. The van der Waals surface area contributed by atoms with Gasteiger partial charge in [-0.25, -0.2) is 0 Å². The van der Waals surface area contributed by atoms with Crippen molar-refractivity contribution in [3.05, 3.63) is 35.6 Å². The molecule has 1 heterocycles. The molecule has 0 spiro atoms. The molecule has 0 saturated carbocycles. The molecule has 0 saturated heterocycles. The van der Waals surface area contributed by atoms with Crippen LogP contribution in [0.15, 0.2) is 25.0 Å². The zero-order chi connectivity index (χ0) is 9.84. The molecule has 0 radical (unpaired) electrons. The fourth-order valence-corrected chi connectivity index (χ4v) is 0.967. The third-order valence-electron chi connectivity index (χ3n) is 1.60. The minimum atomic E-state index is -0.271. The highest BCUT2D eigenvalue weighted by Crippen LogP contribution is 2.20. The van der Waals surface area contributed by atoms with Crippen molar-refractivity contribution in [3.63, 3.8) is 0 Å². The number of halogens is 1. The van der Waals surface area contributed by atoms with E-state index in [4.69, 9.17) is 11.6 Å². The van der Waals surface area contributed by atoms with E-state index in [1.165, 1.54) is 12.3 Å². The fraction of sp³-hybridized carbons (Fsp3) is 0.111. The highest BCUT2D eigenvalue weighted by molar-refractivity contribution is 6.31. The van der Waals surface area contributed by atoms with E-state index in [9.17, 15) is 4.79 Å². The van der Waals surface area contributed by atoms with Gasteiger partial charge in [-0.05, 0) is 18.6 Å². The van der Waals surface area contributed by atoms with Crippen LogP contribution in [0.3, 0.4) is 0 Å². The van der Waals surface area contributed by atoms with Crippen molar-refractivity contribution in [2.24, 2.45) is 0 Å². The Labute approximate surface area is 81.4 Å². The van der Waals surface area contributed by atoms with Crippen LogP contribution in [0.2, 0.25) is 5.02 Å². The molecule has 1 aromatic rings. The van der Waals surface area contributed by atoms with Crippen molar-refractivity contribution in [2.75, 3.05) is 5.32 Å². The topological polar surface area (TPSA) is 42.0 Å². The molecular weight excluding hydrogens is 188 g/mol. The van der Waals surface area contributed by atoms with Gasteiger partial charge in [0.2, 0.25) is 5.91 Å². The van der Waals surface area contributed by atoms with E-state index >= 15 is 0 Å². The number of hydrogen-bond acceptors (Lipinski definition) is 2. The van der Waals surface area contributed by atoms with E-state index in [1.807, 2.05) is 6.92 Å². The van der Waals surface area contributed by atoms with Crippen molar-refractivity contribution < 1.29 is 4.79 Å². The Morgan fingerprint density at radius 1 is 1.69 bits per heavy atom. The summed E-state index contributed by atoms with van der Waals surface area (Å²) in [4.78, 5) is 14.8. The maximum atomic E-state index is 10.9. The van der Waals surface area contributed by atoms with Gasteiger partial charge >= 0.3 is 0 Å². The monoisotopic (exact) mass is 196 g/mol. The van der Waals surface area contributed by atoms with Gasteiger partial charge in [-0.15, -0.1) is 0 Å². The number of amides is 1. The summed E-state index contributed by atoms with van der Waals surface area (Å²) < 4.78 is 0. The van der Waals surface area contributed by atoms with Gasteiger partial charge in [0.05, 0.1) is 16.9 Å². The number of hydrogen-bond donors (Lipinski definition) is 1. The summed E-state index contributed by atoms with van der Waals surface area (Å²) in [7, 11) is 0. The van der Waals surface area contributed by atoms with Crippen LogP contribution >= 0.6 is 11.6 Å². The molecule has 1 rings (SSSR count). The lowest BCUT2D eigenvalue weighted by atomic mass is 10.2. The van der Waals surface area contributed by atoms with Crippen LogP contribution in [0.5, 0.6) is 0 Å². The lowest BCUT2D eigenvalue weighted by Gasteiger charge is -2.05. The molecule has 0 aromatic carbocycles. The van der Waals surface area contributed by atoms with E-state index in [2.05, 4.69) is 16.9 Å². The zero-order valence-electron chi connectivity index (χ0n) is 7.17. The number of nitrogens with zero attached hydrogens (tertiary/aromatic N) is 1. The van der Waals surface area contributed by atoms with Crippen molar-refractivity contribution in [1.29, 1.82) is 0 Å². The van der Waals surface area contributed by atoms with E-state index in [0.717, 1.165) is 5.56 Å². The molecule has 0 fully saturated rings. The summed E-state index contributed by atoms with van der Waals surface area (Å²) in [6, 6.07) is 0. The van der Waals surface area contributed by atoms with E-state index < -0.39 is 0 Å². The number of carbonyl (C=O) groups is 1. The second-order valence-corrected chi connectivity index (χ2v) is 2.89. The SMILES string of the molecule is C=CC(=O)Nc1cncc(Cl)c1C. The number of aromatic nitrogens is 1. The number of pyridine rings is 1. The highest BCUT2D eigenvalue weighted by Gasteiger charge is 2.03. The van der Waals surface area contributed by atoms with Crippen molar-refractivity contribution in [3.8, 4) is 0 Å². The minimum absolute atomic E-state index is 0.271. The molecule has 1 N–H and O–H groups in total. The first-order chi connectivity index (χ1) is 6.15. The van der Waals surface area contributed by atoms with E-state index in [0.29, 0.717) is 10.7 Å². The number of nitrogens with one attached hydrogen (secondary N) is 1. The maximum absolute atomic E-state index is 10.9. The molecule has 0 bridgehead atoms. The predicted octanol–water partition coefficient (Wildman–Crippen LogP) is 2.17. The predicted molar refractivity (Wildman–Crippen MR) is 52.8 cm³/mol. The summed E-state index contributed by atoms with van der Waals surface area (Å²) in [5.41, 5.74) is 1.41. The van der Waals surface area contributed by atoms with Crippen molar-refractivity contribution >= 4 is 23.2 Å². The first-order valence-corrected chi connectivity index (χ1v) is 4.06. The summed E-state index contributed by atoms with van der Waals surface area (Å²) in [6.45, 7) is 5.15. The molecule has 0 aliphatic heterocycles. The fourth-order valence-electron chi connectivity index (χ4n) is 0.809. The molecule has 0 aliphatic carbocycles. The quantitative estimate of drug-likeness (QED) is 0.737. The molecule has 68 valence electrons. The third kappa shape index (κ3) is 2.29. The molecular formula is C9H9ClN2O. The lowest BCUT2D eigenvalue weighted by Crippen LogP contribution is -2.08. The second-order valence-electron chi connectivity index (χ2n) is 2.49. The van der Waals surface area contributed by atoms with Gasteiger partial charge in [-0.1, -0.05) is 18.2 Å². The maximum Gasteiger partial charge on any atom is 0.247 e. The van der Waals surface area contributed by atoms with Crippen LogP contribution in [-0.2, 0) is 4.79 Å². The van der Waals surface area contributed by atoms with Gasteiger partial charge in [-0.3, -0.25) is 9.78 Å². The molecule has 13 heavy (non-hydrogen) atoms. The van der Waals surface area contributed by atoms with Gasteiger partial charge < -0.3 is 5.32 Å². The Morgan fingerprint density at radius 2 is 2.38 bits per heavy atom. The summed E-state index contributed by atoms with van der Waals surface area (Å²) in [6.07, 6.45) is 4.27. The van der Waals surface area contributed by atoms with Crippen LogP contribution in [0.1, 0.15) is 5.56 Å². The molecule has 4 heteroatoms. The first-order valence-electron chi connectivity index (χ1n) is 3.68. The Kier molecular flexibility index (Phi) is 3.03. The molecule has 1 amide bonds. The Bertz CT molecular complexity index is 349. The molecule has 1 aromatic heterocycles. The first kappa shape index (κ1) is 9.74. The summed E-state index contributed by atoms with van der Waals surface area (Å²) >= 11 is 5.80. The van der Waals surface area contributed by atoms with Crippen LogP contribution < -0.4 is 5.32 Å². The lowest BCUT2D eigenvalue weighted by molar-refractivity contribution is -0.111. The van der Waals surface area contributed by atoms with Gasteiger partial charge in [0, 0.05) is 6.20 Å². The molecule has 0 atom stereocenters. The Morgan fingerprint density at radius 3 is 3.00 bits per heavy atom. The number of carbonyl (C=O) groups excluding carboxylic acids is 1.